The first kappa shape index (κ1) is 12.1. The van der Waals surface area contributed by atoms with Gasteiger partial charge in [-0.1, -0.05) is 18.2 Å². The van der Waals surface area contributed by atoms with Crippen LogP contribution in [0.5, 0.6) is 0 Å². The number of rotatable bonds is 3. The van der Waals surface area contributed by atoms with Gasteiger partial charge < -0.3 is 5.11 Å². The molecule has 0 saturated heterocycles. The van der Waals surface area contributed by atoms with Crippen molar-refractivity contribution in [3.05, 3.63) is 53.9 Å². The van der Waals surface area contributed by atoms with E-state index < -0.39 is 5.97 Å². The van der Waals surface area contributed by atoms with E-state index >= 15 is 0 Å². The number of fused-ring (bicyclic) bond motifs is 1. The number of carboxylic acids is 1. The summed E-state index contributed by atoms with van der Waals surface area (Å²) in [7, 11) is 0. The Bertz CT molecular complexity index is 835. The highest BCUT2D eigenvalue weighted by Gasteiger charge is 2.30. The first-order valence-electron chi connectivity index (χ1n) is 6.91. The summed E-state index contributed by atoms with van der Waals surface area (Å²) >= 11 is 0. The highest BCUT2D eigenvalue weighted by Crippen LogP contribution is 2.42. The zero-order valence-corrected chi connectivity index (χ0v) is 11.2. The minimum atomic E-state index is -0.960. The molecule has 1 aromatic carbocycles. The van der Waals surface area contributed by atoms with E-state index in [4.69, 9.17) is 5.11 Å². The first-order chi connectivity index (χ1) is 10.2. The Morgan fingerprint density at radius 2 is 2.00 bits per heavy atom. The van der Waals surface area contributed by atoms with Crippen LogP contribution in [0.1, 0.15) is 34.8 Å². The van der Waals surface area contributed by atoms with E-state index in [-0.39, 0.29) is 5.56 Å². The molecule has 2 aromatic heterocycles. The fourth-order valence-corrected chi connectivity index (χ4v) is 2.55. The molecule has 0 aliphatic heterocycles. The molecular weight excluding hydrogens is 266 g/mol. The van der Waals surface area contributed by atoms with E-state index in [0.717, 1.165) is 29.6 Å². The van der Waals surface area contributed by atoms with Gasteiger partial charge in [-0.3, -0.25) is 0 Å². The van der Waals surface area contributed by atoms with Crippen LogP contribution >= 0.6 is 0 Å². The summed E-state index contributed by atoms with van der Waals surface area (Å²) in [4.78, 5) is 15.5. The monoisotopic (exact) mass is 279 g/mol. The zero-order chi connectivity index (χ0) is 14.4. The normalized spacial score (nSPS) is 14.5. The summed E-state index contributed by atoms with van der Waals surface area (Å²) in [5.41, 5.74) is 2.82. The van der Waals surface area contributed by atoms with Crippen molar-refractivity contribution < 1.29 is 9.90 Å². The first-order valence-corrected chi connectivity index (χ1v) is 6.91. The molecule has 104 valence electrons. The Balaban J connectivity index is 1.98. The van der Waals surface area contributed by atoms with Crippen molar-refractivity contribution in [3.63, 3.8) is 0 Å². The molecule has 0 amide bonds. The number of para-hydroxylation sites is 1. The van der Waals surface area contributed by atoms with Crippen LogP contribution in [-0.2, 0) is 0 Å². The van der Waals surface area contributed by atoms with E-state index in [1.54, 1.807) is 10.7 Å². The van der Waals surface area contributed by atoms with Gasteiger partial charge in [0.15, 0.2) is 5.65 Å². The second-order valence-corrected chi connectivity index (χ2v) is 5.31. The number of aromatic nitrogens is 3. The van der Waals surface area contributed by atoms with Crippen molar-refractivity contribution >= 4 is 17.0 Å². The predicted molar refractivity (Wildman–Crippen MR) is 77.8 cm³/mol. The average molecular weight is 279 g/mol. The van der Waals surface area contributed by atoms with E-state index in [9.17, 15) is 4.79 Å². The average Bonchev–Trinajstić information content (AvgIpc) is 3.28. The quantitative estimate of drug-likeness (QED) is 0.800. The lowest BCUT2D eigenvalue weighted by Gasteiger charge is -2.02. The summed E-state index contributed by atoms with van der Waals surface area (Å²) in [5.74, 6) is -0.526. The number of benzene rings is 1. The van der Waals surface area contributed by atoms with Gasteiger partial charge in [0.2, 0.25) is 0 Å². The third-order valence-corrected chi connectivity index (χ3v) is 3.76. The lowest BCUT2D eigenvalue weighted by atomic mass is 10.1. The minimum Gasteiger partial charge on any atom is -0.478 e. The van der Waals surface area contributed by atoms with E-state index in [1.165, 1.54) is 6.20 Å². The van der Waals surface area contributed by atoms with Gasteiger partial charge in [-0.25, -0.2) is 14.5 Å². The van der Waals surface area contributed by atoms with Gasteiger partial charge in [-0.15, -0.1) is 0 Å². The molecule has 0 unspecified atom stereocenters. The third kappa shape index (κ3) is 1.98. The van der Waals surface area contributed by atoms with Crippen molar-refractivity contribution in [2.75, 3.05) is 0 Å². The maximum absolute atomic E-state index is 11.2. The number of carbonyl (C=O) groups is 1. The van der Waals surface area contributed by atoms with Crippen LogP contribution < -0.4 is 0 Å². The largest absolute Gasteiger partial charge is 0.478 e. The fourth-order valence-electron chi connectivity index (χ4n) is 2.55. The van der Waals surface area contributed by atoms with Gasteiger partial charge in [-0.2, -0.15) is 5.10 Å². The lowest BCUT2D eigenvalue weighted by molar-refractivity contribution is 0.0696. The molecule has 1 fully saturated rings. The molecule has 0 radical (unpaired) electrons. The SMILES string of the molecule is O=C(O)c1cnc2c(c1)c(C1CC1)nn2-c1ccccc1. The van der Waals surface area contributed by atoms with E-state index in [2.05, 4.69) is 10.1 Å². The summed E-state index contributed by atoms with van der Waals surface area (Å²) in [6.45, 7) is 0. The fraction of sp³-hybridized carbons (Fsp3) is 0.188. The van der Waals surface area contributed by atoms with Crippen LogP contribution in [0.25, 0.3) is 16.7 Å². The molecule has 21 heavy (non-hydrogen) atoms. The van der Waals surface area contributed by atoms with Gasteiger partial charge in [0.25, 0.3) is 0 Å². The molecule has 3 aromatic rings. The number of hydrogen-bond donors (Lipinski definition) is 1. The van der Waals surface area contributed by atoms with Gasteiger partial charge in [0.1, 0.15) is 0 Å². The van der Waals surface area contributed by atoms with Gasteiger partial charge >= 0.3 is 5.97 Å². The van der Waals surface area contributed by atoms with Gasteiger partial charge in [0, 0.05) is 17.5 Å². The maximum atomic E-state index is 11.2. The Morgan fingerprint density at radius 3 is 2.67 bits per heavy atom. The van der Waals surface area contributed by atoms with Crippen molar-refractivity contribution in [2.45, 2.75) is 18.8 Å². The summed E-state index contributed by atoms with van der Waals surface area (Å²) < 4.78 is 1.80. The lowest BCUT2D eigenvalue weighted by Crippen LogP contribution is -1.99. The van der Waals surface area contributed by atoms with Crippen molar-refractivity contribution in [3.8, 4) is 5.69 Å². The van der Waals surface area contributed by atoms with Crippen LogP contribution in [0.3, 0.4) is 0 Å². The molecule has 1 N–H and O–H groups in total. The molecule has 0 atom stereocenters. The standard InChI is InChI=1S/C16H13N3O2/c20-16(21)11-8-13-14(10-6-7-10)18-19(15(13)17-9-11)12-4-2-1-3-5-12/h1-5,8-10H,6-7H2,(H,20,21). The maximum Gasteiger partial charge on any atom is 0.337 e. The predicted octanol–water partition coefficient (Wildman–Crippen LogP) is 3.00. The smallest absolute Gasteiger partial charge is 0.337 e. The Labute approximate surface area is 120 Å². The number of hydrogen-bond acceptors (Lipinski definition) is 3. The summed E-state index contributed by atoms with van der Waals surface area (Å²) in [6, 6.07) is 11.5. The summed E-state index contributed by atoms with van der Waals surface area (Å²) in [5, 5.41) is 14.7. The molecule has 2 heterocycles. The molecule has 1 aliphatic rings. The molecule has 1 saturated carbocycles. The number of pyridine rings is 1. The molecule has 0 bridgehead atoms. The summed E-state index contributed by atoms with van der Waals surface area (Å²) in [6.07, 6.45) is 3.61. The zero-order valence-electron chi connectivity index (χ0n) is 11.2. The second-order valence-electron chi connectivity index (χ2n) is 5.31. The molecule has 4 rings (SSSR count). The van der Waals surface area contributed by atoms with Crippen LogP contribution in [-0.4, -0.2) is 25.8 Å². The number of aromatic carboxylic acids is 1. The third-order valence-electron chi connectivity index (χ3n) is 3.76. The van der Waals surface area contributed by atoms with Crippen LogP contribution in [0.4, 0.5) is 0 Å². The van der Waals surface area contributed by atoms with Crippen LogP contribution in [0, 0.1) is 0 Å². The highest BCUT2D eigenvalue weighted by molar-refractivity contribution is 5.93. The van der Waals surface area contributed by atoms with E-state index in [0.29, 0.717) is 11.6 Å². The van der Waals surface area contributed by atoms with Gasteiger partial charge in [0.05, 0.1) is 16.9 Å². The topological polar surface area (TPSA) is 68.0 Å². The van der Waals surface area contributed by atoms with Crippen molar-refractivity contribution in [1.82, 2.24) is 14.8 Å². The van der Waals surface area contributed by atoms with Crippen LogP contribution in [0.15, 0.2) is 42.6 Å². The Kier molecular flexibility index (Phi) is 2.54. The van der Waals surface area contributed by atoms with Crippen molar-refractivity contribution in [2.24, 2.45) is 0 Å². The molecule has 5 nitrogen and oxygen atoms in total. The van der Waals surface area contributed by atoms with Crippen LogP contribution in [0.2, 0.25) is 0 Å². The molecule has 5 heteroatoms. The van der Waals surface area contributed by atoms with Gasteiger partial charge in [-0.05, 0) is 31.0 Å². The Morgan fingerprint density at radius 1 is 1.24 bits per heavy atom. The minimum absolute atomic E-state index is 0.206. The molecule has 1 aliphatic carbocycles. The number of carboxylic acid groups (broad SMARTS) is 1. The van der Waals surface area contributed by atoms with Crippen molar-refractivity contribution in [1.29, 1.82) is 0 Å². The highest BCUT2D eigenvalue weighted by atomic mass is 16.4. The molecular formula is C16H13N3O2. The second kappa shape index (κ2) is 4.41. The molecule has 0 spiro atoms. The van der Waals surface area contributed by atoms with E-state index in [1.807, 2.05) is 30.3 Å². The number of nitrogens with zero attached hydrogens (tertiary/aromatic N) is 3. The Hall–Kier alpha value is -2.69.